The van der Waals surface area contributed by atoms with Gasteiger partial charge in [-0.05, 0) is 37.5 Å². The van der Waals surface area contributed by atoms with Crippen LogP contribution in [0.1, 0.15) is 31.4 Å². The quantitative estimate of drug-likeness (QED) is 0.882. The number of hydrogen-bond acceptors (Lipinski definition) is 4. The number of rotatable bonds is 5. The van der Waals surface area contributed by atoms with Gasteiger partial charge < -0.3 is 10.1 Å². The van der Waals surface area contributed by atoms with Gasteiger partial charge in [0.05, 0.1) is 19.4 Å². The van der Waals surface area contributed by atoms with Crippen LogP contribution in [0.4, 0.5) is 0 Å². The molecule has 7 heteroatoms. The Morgan fingerprint density at radius 3 is 2.30 bits per heavy atom. The fraction of sp³-hybridized carbons (Fsp3) is 0.562. The average Bonchev–Trinajstić information content (AvgIpc) is 2.54. The van der Waals surface area contributed by atoms with E-state index in [-0.39, 0.29) is 17.9 Å². The summed E-state index contributed by atoms with van der Waals surface area (Å²) in [6.07, 6.45) is 2.33. The Balaban J connectivity index is 1.89. The van der Waals surface area contributed by atoms with Crippen LogP contribution in [0.25, 0.3) is 0 Å². The molecule has 0 spiro atoms. The molecular weight excluding hydrogens is 316 g/mol. The summed E-state index contributed by atoms with van der Waals surface area (Å²) < 4.78 is 29.5. The normalized spacial score (nSPS) is 18.4. The van der Waals surface area contributed by atoms with Crippen LogP contribution in [-0.2, 0) is 14.8 Å². The van der Waals surface area contributed by atoms with E-state index in [0.29, 0.717) is 25.9 Å². The van der Waals surface area contributed by atoms with Gasteiger partial charge in [0, 0.05) is 19.0 Å². The smallest absolute Gasteiger partial charge is 0.223 e. The Morgan fingerprint density at radius 2 is 1.83 bits per heavy atom. The molecule has 0 radical (unpaired) electrons. The molecule has 23 heavy (non-hydrogen) atoms. The molecule has 1 aliphatic rings. The lowest BCUT2D eigenvalue weighted by Crippen LogP contribution is -2.43. The number of nitrogens with one attached hydrogen (secondary N) is 1. The Morgan fingerprint density at radius 1 is 1.26 bits per heavy atom. The van der Waals surface area contributed by atoms with Crippen LogP contribution >= 0.6 is 0 Å². The van der Waals surface area contributed by atoms with Crippen LogP contribution in [0.15, 0.2) is 24.3 Å². The fourth-order valence-electron chi connectivity index (χ4n) is 2.76. The van der Waals surface area contributed by atoms with Crippen LogP contribution in [-0.4, -0.2) is 45.1 Å². The van der Waals surface area contributed by atoms with E-state index in [1.54, 1.807) is 7.11 Å². The van der Waals surface area contributed by atoms with E-state index >= 15 is 0 Å². The second-order valence-electron chi connectivity index (χ2n) is 5.94. The van der Waals surface area contributed by atoms with Crippen LogP contribution < -0.4 is 10.1 Å². The van der Waals surface area contributed by atoms with E-state index < -0.39 is 10.0 Å². The number of carbonyl (C=O) groups excluding carboxylic acids is 1. The van der Waals surface area contributed by atoms with Gasteiger partial charge in [0.25, 0.3) is 0 Å². The van der Waals surface area contributed by atoms with Gasteiger partial charge in [0.1, 0.15) is 5.75 Å². The van der Waals surface area contributed by atoms with Crippen molar-refractivity contribution in [2.45, 2.75) is 25.8 Å². The van der Waals surface area contributed by atoms with Gasteiger partial charge in [0.2, 0.25) is 15.9 Å². The van der Waals surface area contributed by atoms with Crippen molar-refractivity contribution in [1.29, 1.82) is 0 Å². The molecule has 2 rings (SSSR count). The maximum absolute atomic E-state index is 12.4. The molecule has 1 heterocycles. The zero-order chi connectivity index (χ0) is 17.0. The van der Waals surface area contributed by atoms with Crippen LogP contribution in [0.5, 0.6) is 5.75 Å². The van der Waals surface area contributed by atoms with Crippen molar-refractivity contribution in [1.82, 2.24) is 9.62 Å². The predicted molar refractivity (Wildman–Crippen MR) is 88.7 cm³/mol. The van der Waals surface area contributed by atoms with Crippen molar-refractivity contribution in [2.75, 3.05) is 26.5 Å². The summed E-state index contributed by atoms with van der Waals surface area (Å²) >= 11 is 0. The highest BCUT2D eigenvalue weighted by Crippen LogP contribution is 2.22. The van der Waals surface area contributed by atoms with Gasteiger partial charge in [-0.15, -0.1) is 0 Å². The number of methoxy groups -OCH3 is 1. The fourth-order valence-corrected chi connectivity index (χ4v) is 3.63. The molecular formula is C16H24N2O4S. The van der Waals surface area contributed by atoms with E-state index in [1.807, 2.05) is 31.2 Å². The molecule has 1 fully saturated rings. The third-order valence-corrected chi connectivity index (χ3v) is 5.57. The molecule has 128 valence electrons. The molecule has 1 aliphatic heterocycles. The minimum atomic E-state index is -3.16. The molecule has 0 saturated carbocycles. The largest absolute Gasteiger partial charge is 0.497 e. The number of nitrogens with zero attached hydrogens (tertiary/aromatic N) is 1. The first-order valence-corrected chi connectivity index (χ1v) is 9.55. The summed E-state index contributed by atoms with van der Waals surface area (Å²) in [6, 6.07) is 7.48. The van der Waals surface area contributed by atoms with Crippen LogP contribution in [0.3, 0.4) is 0 Å². The third kappa shape index (κ3) is 4.68. The second kappa shape index (κ2) is 7.31. The SMILES string of the molecule is COc1ccc([C@H](C)NC(=O)C2CCN(S(C)(=O)=O)CC2)cc1. The summed E-state index contributed by atoms with van der Waals surface area (Å²) in [5.41, 5.74) is 1.01. The number of sulfonamides is 1. The highest BCUT2D eigenvalue weighted by molar-refractivity contribution is 7.88. The molecule has 0 aromatic heterocycles. The lowest BCUT2D eigenvalue weighted by molar-refractivity contribution is -0.126. The minimum absolute atomic E-state index is 0.0125. The van der Waals surface area contributed by atoms with E-state index in [0.717, 1.165) is 11.3 Å². The van der Waals surface area contributed by atoms with Gasteiger partial charge >= 0.3 is 0 Å². The van der Waals surface area contributed by atoms with Crippen LogP contribution in [0, 0.1) is 5.92 Å². The number of amides is 1. The van der Waals surface area contributed by atoms with Crippen LogP contribution in [0.2, 0.25) is 0 Å². The first-order chi connectivity index (χ1) is 10.8. The number of ether oxygens (including phenoxy) is 1. The number of piperidine rings is 1. The lowest BCUT2D eigenvalue weighted by atomic mass is 9.96. The Bertz CT molecular complexity index is 635. The van der Waals surface area contributed by atoms with Crippen molar-refractivity contribution >= 4 is 15.9 Å². The van der Waals surface area contributed by atoms with Crippen molar-refractivity contribution in [3.05, 3.63) is 29.8 Å². The van der Waals surface area contributed by atoms with Gasteiger partial charge in [-0.1, -0.05) is 12.1 Å². The zero-order valence-electron chi connectivity index (χ0n) is 13.8. The molecule has 0 bridgehead atoms. The molecule has 1 aromatic rings. The molecule has 0 aliphatic carbocycles. The van der Waals surface area contributed by atoms with Gasteiger partial charge in [-0.3, -0.25) is 4.79 Å². The maximum Gasteiger partial charge on any atom is 0.223 e. The topological polar surface area (TPSA) is 75.7 Å². The van der Waals surface area contributed by atoms with Gasteiger partial charge in [-0.25, -0.2) is 12.7 Å². The first kappa shape index (κ1) is 17.7. The third-order valence-electron chi connectivity index (χ3n) is 4.27. The zero-order valence-corrected chi connectivity index (χ0v) is 14.6. The first-order valence-electron chi connectivity index (χ1n) is 7.70. The molecule has 1 aromatic carbocycles. The molecule has 1 saturated heterocycles. The summed E-state index contributed by atoms with van der Waals surface area (Å²) in [4.78, 5) is 12.4. The number of benzene rings is 1. The van der Waals surface area contributed by atoms with E-state index in [9.17, 15) is 13.2 Å². The maximum atomic E-state index is 12.4. The summed E-state index contributed by atoms with van der Waals surface area (Å²) in [6.45, 7) is 2.76. The second-order valence-corrected chi connectivity index (χ2v) is 7.92. The summed E-state index contributed by atoms with van der Waals surface area (Å²) in [5, 5.41) is 3.01. The van der Waals surface area contributed by atoms with Crippen molar-refractivity contribution < 1.29 is 17.9 Å². The minimum Gasteiger partial charge on any atom is -0.497 e. The molecule has 1 amide bonds. The van der Waals surface area contributed by atoms with E-state index in [1.165, 1.54) is 10.6 Å². The van der Waals surface area contributed by atoms with Gasteiger partial charge in [-0.2, -0.15) is 0 Å². The predicted octanol–water partition coefficient (Wildman–Crippen LogP) is 1.54. The lowest BCUT2D eigenvalue weighted by Gasteiger charge is -2.30. The summed E-state index contributed by atoms with van der Waals surface area (Å²) in [5.74, 6) is 0.635. The van der Waals surface area contributed by atoms with Crippen molar-refractivity contribution in [2.24, 2.45) is 5.92 Å². The number of hydrogen-bond donors (Lipinski definition) is 1. The highest BCUT2D eigenvalue weighted by Gasteiger charge is 2.29. The van der Waals surface area contributed by atoms with Crippen molar-refractivity contribution in [3.8, 4) is 5.75 Å². The van der Waals surface area contributed by atoms with Crippen molar-refractivity contribution in [3.63, 3.8) is 0 Å². The Labute approximate surface area is 137 Å². The van der Waals surface area contributed by atoms with E-state index in [4.69, 9.17) is 4.74 Å². The molecule has 1 N–H and O–H groups in total. The van der Waals surface area contributed by atoms with Gasteiger partial charge in [0.15, 0.2) is 0 Å². The van der Waals surface area contributed by atoms with E-state index in [2.05, 4.69) is 5.32 Å². The number of carbonyl (C=O) groups is 1. The molecule has 0 unspecified atom stereocenters. The highest BCUT2D eigenvalue weighted by atomic mass is 32.2. The average molecular weight is 340 g/mol. The monoisotopic (exact) mass is 340 g/mol. The molecule has 6 nitrogen and oxygen atoms in total. The Kier molecular flexibility index (Phi) is 5.64. The summed E-state index contributed by atoms with van der Waals surface area (Å²) in [7, 11) is -1.54. The Hall–Kier alpha value is -1.60. The standard InChI is InChI=1S/C16H24N2O4S/c1-12(13-4-6-15(22-2)7-5-13)17-16(19)14-8-10-18(11-9-14)23(3,20)21/h4-7,12,14H,8-11H2,1-3H3,(H,17,19)/t12-/m0/s1. The molecule has 1 atom stereocenters.